The molecule has 2 rings (SSSR count). The predicted molar refractivity (Wildman–Crippen MR) is 77.0 cm³/mol. The molecule has 0 aromatic carbocycles. The first-order chi connectivity index (χ1) is 9.93. The lowest BCUT2D eigenvalue weighted by atomic mass is 9.84. The lowest BCUT2D eigenvalue weighted by Gasteiger charge is -2.23. The number of aromatic nitrogens is 2. The number of rotatable bonds is 4. The van der Waals surface area contributed by atoms with Crippen LogP contribution in [0, 0.1) is 12.3 Å². The number of amides is 1. The zero-order valence-corrected chi connectivity index (χ0v) is 12.7. The van der Waals surface area contributed by atoms with Gasteiger partial charge in [-0.1, -0.05) is 13.8 Å². The molecule has 1 unspecified atom stereocenters. The minimum absolute atomic E-state index is 0.138. The van der Waals surface area contributed by atoms with Gasteiger partial charge in [-0.15, -0.1) is 0 Å². The standard InChI is InChI=1S/C15H21N3O3/c1-4-12-11(8-10(3)16-17-12)13(19)18-7-6-15(5-2,9-18)14(20)21/h8H,4-7,9H2,1-3H3,(H,20,21). The molecule has 1 N–H and O–H groups in total. The minimum atomic E-state index is -0.819. The van der Waals surface area contributed by atoms with Crippen LogP contribution < -0.4 is 0 Å². The summed E-state index contributed by atoms with van der Waals surface area (Å²) in [5, 5.41) is 17.5. The minimum Gasteiger partial charge on any atom is -0.481 e. The van der Waals surface area contributed by atoms with E-state index in [-0.39, 0.29) is 12.5 Å². The largest absolute Gasteiger partial charge is 0.481 e. The summed E-state index contributed by atoms with van der Waals surface area (Å²) in [4.78, 5) is 25.8. The maximum Gasteiger partial charge on any atom is 0.311 e. The first kappa shape index (κ1) is 15.4. The van der Waals surface area contributed by atoms with E-state index in [1.807, 2.05) is 13.8 Å². The lowest BCUT2D eigenvalue weighted by Crippen LogP contribution is -2.37. The highest BCUT2D eigenvalue weighted by atomic mass is 16.4. The van der Waals surface area contributed by atoms with Gasteiger partial charge in [-0.25, -0.2) is 0 Å². The number of carboxylic acids is 1. The van der Waals surface area contributed by atoms with Crippen molar-refractivity contribution in [3.63, 3.8) is 0 Å². The summed E-state index contributed by atoms with van der Waals surface area (Å²) >= 11 is 0. The maximum absolute atomic E-state index is 12.7. The number of hydrogen-bond acceptors (Lipinski definition) is 4. The molecule has 0 radical (unpaired) electrons. The lowest BCUT2D eigenvalue weighted by molar-refractivity contribution is -0.148. The molecule has 2 heterocycles. The van der Waals surface area contributed by atoms with Crippen molar-refractivity contribution >= 4 is 11.9 Å². The average Bonchev–Trinajstić information content (AvgIpc) is 2.92. The molecule has 6 nitrogen and oxygen atoms in total. The predicted octanol–water partition coefficient (Wildman–Crippen LogP) is 1.67. The molecule has 1 saturated heterocycles. The Morgan fingerprint density at radius 3 is 2.62 bits per heavy atom. The van der Waals surface area contributed by atoms with Crippen molar-refractivity contribution in [2.75, 3.05) is 13.1 Å². The Morgan fingerprint density at radius 2 is 2.10 bits per heavy atom. The summed E-state index contributed by atoms with van der Waals surface area (Å²) in [5.41, 5.74) is 1.09. The number of carbonyl (C=O) groups is 2. The van der Waals surface area contributed by atoms with Gasteiger partial charge in [-0.3, -0.25) is 9.59 Å². The summed E-state index contributed by atoms with van der Waals surface area (Å²) in [6, 6.07) is 1.74. The van der Waals surface area contributed by atoms with Crippen LogP contribution in [0.25, 0.3) is 0 Å². The van der Waals surface area contributed by atoms with E-state index < -0.39 is 11.4 Å². The van der Waals surface area contributed by atoms with Crippen LogP contribution in [-0.4, -0.2) is 45.2 Å². The summed E-state index contributed by atoms with van der Waals surface area (Å²) < 4.78 is 0. The molecule has 6 heteroatoms. The fourth-order valence-corrected chi connectivity index (χ4v) is 2.79. The van der Waals surface area contributed by atoms with Gasteiger partial charge in [-0.05, 0) is 32.3 Å². The number of hydrogen-bond donors (Lipinski definition) is 1. The van der Waals surface area contributed by atoms with Crippen molar-refractivity contribution in [1.29, 1.82) is 0 Å². The Bertz CT molecular complexity index is 573. The van der Waals surface area contributed by atoms with Gasteiger partial charge >= 0.3 is 5.97 Å². The highest BCUT2D eigenvalue weighted by molar-refractivity contribution is 5.96. The van der Waals surface area contributed by atoms with E-state index >= 15 is 0 Å². The molecule has 114 valence electrons. The van der Waals surface area contributed by atoms with Crippen LogP contribution >= 0.6 is 0 Å². The van der Waals surface area contributed by atoms with Crippen LogP contribution in [0.2, 0.25) is 0 Å². The summed E-state index contributed by atoms with van der Waals surface area (Å²) in [6.07, 6.45) is 1.66. The van der Waals surface area contributed by atoms with Crippen molar-refractivity contribution in [2.45, 2.75) is 40.0 Å². The third kappa shape index (κ3) is 2.75. The van der Waals surface area contributed by atoms with Gasteiger partial charge in [0.25, 0.3) is 5.91 Å². The molecule has 0 saturated carbocycles. The SMILES string of the molecule is CCc1nnc(C)cc1C(=O)N1CCC(CC)(C(=O)O)C1. The fourth-order valence-electron chi connectivity index (χ4n) is 2.79. The Hall–Kier alpha value is -1.98. The maximum atomic E-state index is 12.7. The number of carboxylic acid groups (broad SMARTS) is 1. The topological polar surface area (TPSA) is 83.4 Å². The van der Waals surface area contributed by atoms with Crippen LogP contribution in [0.3, 0.4) is 0 Å². The Kier molecular flexibility index (Phi) is 4.25. The molecule has 21 heavy (non-hydrogen) atoms. The Balaban J connectivity index is 2.26. The van der Waals surface area contributed by atoms with Crippen LogP contribution in [0.5, 0.6) is 0 Å². The second-order valence-electron chi connectivity index (χ2n) is 5.62. The third-order valence-electron chi connectivity index (χ3n) is 4.33. The van der Waals surface area contributed by atoms with E-state index in [2.05, 4.69) is 10.2 Å². The second kappa shape index (κ2) is 5.79. The van der Waals surface area contributed by atoms with Gasteiger partial charge in [0.05, 0.1) is 22.4 Å². The quantitative estimate of drug-likeness (QED) is 0.912. The number of aryl methyl sites for hydroxylation is 2. The molecule has 0 aliphatic carbocycles. The first-order valence-electron chi connectivity index (χ1n) is 7.29. The van der Waals surface area contributed by atoms with Crippen molar-refractivity contribution < 1.29 is 14.7 Å². The normalized spacial score (nSPS) is 21.6. The van der Waals surface area contributed by atoms with Gasteiger partial charge in [0.2, 0.25) is 0 Å². The molecule has 1 aromatic rings. The van der Waals surface area contributed by atoms with Crippen molar-refractivity contribution in [3.8, 4) is 0 Å². The molecule has 1 aliphatic heterocycles. The Morgan fingerprint density at radius 1 is 1.38 bits per heavy atom. The monoisotopic (exact) mass is 291 g/mol. The van der Waals surface area contributed by atoms with Gasteiger partial charge in [0.1, 0.15) is 0 Å². The molecular formula is C15H21N3O3. The number of likely N-dealkylation sites (tertiary alicyclic amines) is 1. The molecule has 1 amide bonds. The Labute approximate surface area is 124 Å². The van der Waals surface area contributed by atoms with Crippen LogP contribution in [-0.2, 0) is 11.2 Å². The van der Waals surface area contributed by atoms with E-state index in [0.29, 0.717) is 42.8 Å². The number of nitrogens with zero attached hydrogens (tertiary/aromatic N) is 3. The summed E-state index contributed by atoms with van der Waals surface area (Å²) in [5.74, 6) is -0.957. The third-order valence-corrected chi connectivity index (χ3v) is 4.33. The van der Waals surface area contributed by atoms with Crippen LogP contribution in [0.4, 0.5) is 0 Å². The average molecular weight is 291 g/mol. The van der Waals surface area contributed by atoms with E-state index in [0.717, 1.165) is 0 Å². The van der Waals surface area contributed by atoms with E-state index in [4.69, 9.17) is 0 Å². The highest BCUT2D eigenvalue weighted by Crippen LogP contribution is 2.35. The highest BCUT2D eigenvalue weighted by Gasteiger charge is 2.45. The van der Waals surface area contributed by atoms with Crippen molar-refractivity contribution in [1.82, 2.24) is 15.1 Å². The zero-order chi connectivity index (χ0) is 15.6. The van der Waals surface area contributed by atoms with Gasteiger partial charge < -0.3 is 10.0 Å². The number of carbonyl (C=O) groups excluding carboxylic acids is 1. The van der Waals surface area contributed by atoms with Gasteiger partial charge in [0, 0.05) is 13.1 Å². The second-order valence-corrected chi connectivity index (χ2v) is 5.62. The van der Waals surface area contributed by atoms with Gasteiger partial charge in [0.15, 0.2) is 0 Å². The van der Waals surface area contributed by atoms with Crippen LogP contribution in [0.1, 0.15) is 48.4 Å². The van der Waals surface area contributed by atoms with Crippen molar-refractivity contribution in [2.24, 2.45) is 5.41 Å². The molecule has 0 spiro atoms. The summed E-state index contributed by atoms with van der Waals surface area (Å²) in [7, 11) is 0. The molecule has 1 aromatic heterocycles. The molecule has 1 fully saturated rings. The van der Waals surface area contributed by atoms with Crippen molar-refractivity contribution in [3.05, 3.63) is 23.0 Å². The summed E-state index contributed by atoms with van der Waals surface area (Å²) in [6.45, 7) is 6.32. The van der Waals surface area contributed by atoms with E-state index in [1.165, 1.54) is 0 Å². The molecule has 1 atom stereocenters. The first-order valence-corrected chi connectivity index (χ1v) is 7.29. The van der Waals surface area contributed by atoms with E-state index in [1.54, 1.807) is 17.9 Å². The van der Waals surface area contributed by atoms with Gasteiger partial charge in [-0.2, -0.15) is 10.2 Å². The molecule has 1 aliphatic rings. The number of aliphatic carboxylic acids is 1. The van der Waals surface area contributed by atoms with E-state index in [9.17, 15) is 14.7 Å². The smallest absolute Gasteiger partial charge is 0.311 e. The molecular weight excluding hydrogens is 270 g/mol. The van der Waals surface area contributed by atoms with Crippen LogP contribution in [0.15, 0.2) is 6.07 Å². The molecule has 0 bridgehead atoms. The zero-order valence-electron chi connectivity index (χ0n) is 12.7. The fraction of sp³-hybridized carbons (Fsp3) is 0.600.